The van der Waals surface area contributed by atoms with Gasteiger partial charge in [-0.1, -0.05) is 68.5 Å². The minimum Gasteiger partial charge on any atom is -0.493 e. The van der Waals surface area contributed by atoms with E-state index >= 15 is 0 Å². The molecule has 5 rings (SSSR count). The number of nitrogens with one attached hydrogen (secondary N) is 1. The van der Waals surface area contributed by atoms with Gasteiger partial charge in [0.1, 0.15) is 5.82 Å². The molecule has 7 heteroatoms. The molecule has 1 aliphatic rings. The number of ether oxygens (including phenoxy) is 2. The highest BCUT2D eigenvalue weighted by Crippen LogP contribution is 2.33. The molecule has 0 atom stereocenters. The summed E-state index contributed by atoms with van der Waals surface area (Å²) in [5, 5.41) is 4.44. The summed E-state index contributed by atoms with van der Waals surface area (Å²) in [6.45, 7) is 8.63. The monoisotopic (exact) mass is 511 g/mol. The van der Waals surface area contributed by atoms with E-state index in [0.29, 0.717) is 11.5 Å². The molecule has 0 radical (unpaired) electrons. The Bertz CT molecular complexity index is 1330. The fraction of sp³-hybridized carbons (Fsp3) is 0.290. The SMILES string of the molecule is CC.COc1ccc(Nc2nc(N3CCN(C/C=C\c4ccccc4)CC3)nc3ccccc23)cc1OC. The maximum absolute atomic E-state index is 5.47. The smallest absolute Gasteiger partial charge is 0.227 e. The molecule has 38 heavy (non-hydrogen) atoms. The maximum Gasteiger partial charge on any atom is 0.227 e. The molecular formula is C31H37N5O2. The second kappa shape index (κ2) is 13.4. The number of nitrogens with zero attached hydrogens (tertiary/aromatic N) is 4. The van der Waals surface area contributed by atoms with Crippen LogP contribution >= 0.6 is 0 Å². The standard InChI is InChI=1S/C29H31N5O2.C2H6/c1-35-26-15-14-23(21-27(26)36-2)30-28-24-12-6-7-13-25(24)31-29(32-28)34-19-17-33(18-20-34)16-8-11-22-9-4-3-5-10-22;1-2/h3-15,21H,16-20H2,1-2H3,(H,30,31,32);1-2H3/b11-8-;. The predicted molar refractivity (Wildman–Crippen MR) is 158 cm³/mol. The van der Waals surface area contributed by atoms with Crippen LogP contribution in [0.1, 0.15) is 19.4 Å². The van der Waals surface area contributed by atoms with Crippen LogP contribution in [0.5, 0.6) is 11.5 Å². The molecule has 4 aromatic rings. The number of hydrogen-bond acceptors (Lipinski definition) is 7. The summed E-state index contributed by atoms with van der Waals surface area (Å²) >= 11 is 0. The van der Waals surface area contributed by atoms with Crippen LogP contribution in [-0.2, 0) is 0 Å². The summed E-state index contributed by atoms with van der Waals surface area (Å²) in [6.07, 6.45) is 4.42. The molecule has 198 valence electrons. The Balaban J connectivity index is 0.00000164. The Morgan fingerprint density at radius 3 is 2.26 bits per heavy atom. The second-order valence-corrected chi connectivity index (χ2v) is 8.68. The normalized spacial score (nSPS) is 13.7. The first-order valence-electron chi connectivity index (χ1n) is 13.2. The predicted octanol–water partition coefficient (Wildman–Crippen LogP) is 6.25. The lowest BCUT2D eigenvalue weighted by molar-refractivity contribution is 0.283. The third-order valence-corrected chi connectivity index (χ3v) is 6.37. The molecule has 0 unspecified atom stereocenters. The average molecular weight is 512 g/mol. The Kier molecular flexibility index (Phi) is 9.54. The van der Waals surface area contributed by atoms with E-state index in [-0.39, 0.29) is 0 Å². The van der Waals surface area contributed by atoms with Crippen molar-refractivity contribution in [2.24, 2.45) is 0 Å². The summed E-state index contributed by atoms with van der Waals surface area (Å²) in [6, 6.07) is 24.3. The van der Waals surface area contributed by atoms with Gasteiger partial charge in [-0.25, -0.2) is 4.98 Å². The van der Waals surface area contributed by atoms with Crippen molar-refractivity contribution >= 4 is 34.4 Å². The van der Waals surface area contributed by atoms with Crippen molar-refractivity contribution in [2.45, 2.75) is 13.8 Å². The van der Waals surface area contributed by atoms with E-state index in [0.717, 1.165) is 61.1 Å². The molecule has 0 saturated carbocycles. The largest absolute Gasteiger partial charge is 0.493 e. The van der Waals surface area contributed by atoms with Crippen LogP contribution < -0.4 is 19.7 Å². The van der Waals surface area contributed by atoms with Gasteiger partial charge in [0.15, 0.2) is 11.5 Å². The van der Waals surface area contributed by atoms with Crippen molar-refractivity contribution in [3.05, 3.63) is 84.4 Å². The first-order valence-corrected chi connectivity index (χ1v) is 13.2. The van der Waals surface area contributed by atoms with Crippen molar-refractivity contribution in [2.75, 3.05) is 57.2 Å². The lowest BCUT2D eigenvalue weighted by atomic mass is 10.2. The van der Waals surface area contributed by atoms with Crippen LogP contribution in [0.15, 0.2) is 78.9 Å². The van der Waals surface area contributed by atoms with Crippen molar-refractivity contribution in [1.29, 1.82) is 0 Å². The molecule has 0 aliphatic carbocycles. The second-order valence-electron chi connectivity index (χ2n) is 8.68. The van der Waals surface area contributed by atoms with Crippen LogP contribution in [0.2, 0.25) is 0 Å². The number of methoxy groups -OCH3 is 2. The van der Waals surface area contributed by atoms with Gasteiger partial charge in [-0.3, -0.25) is 4.90 Å². The summed E-state index contributed by atoms with van der Waals surface area (Å²) < 4.78 is 10.8. The molecule has 1 fully saturated rings. The van der Waals surface area contributed by atoms with Crippen molar-refractivity contribution in [1.82, 2.24) is 14.9 Å². The Labute approximate surface area is 225 Å². The number of rotatable bonds is 8. The Morgan fingerprint density at radius 1 is 0.816 bits per heavy atom. The van der Waals surface area contributed by atoms with Gasteiger partial charge >= 0.3 is 0 Å². The van der Waals surface area contributed by atoms with Gasteiger partial charge in [-0.15, -0.1) is 0 Å². The quantitative estimate of drug-likeness (QED) is 0.300. The highest BCUT2D eigenvalue weighted by molar-refractivity contribution is 5.92. The number of fused-ring (bicyclic) bond motifs is 1. The summed E-state index contributed by atoms with van der Waals surface area (Å²) in [5.74, 6) is 2.87. The molecule has 1 saturated heterocycles. The molecule has 2 heterocycles. The number of anilines is 3. The molecule has 3 aromatic carbocycles. The zero-order valence-corrected chi connectivity index (χ0v) is 22.7. The molecule has 7 nitrogen and oxygen atoms in total. The average Bonchev–Trinajstić information content (AvgIpc) is 2.99. The maximum atomic E-state index is 5.47. The third-order valence-electron chi connectivity index (χ3n) is 6.37. The lowest BCUT2D eigenvalue weighted by Gasteiger charge is -2.34. The van der Waals surface area contributed by atoms with E-state index in [9.17, 15) is 0 Å². The van der Waals surface area contributed by atoms with E-state index in [2.05, 4.69) is 51.5 Å². The number of piperazine rings is 1. The van der Waals surface area contributed by atoms with Crippen LogP contribution in [0.3, 0.4) is 0 Å². The van der Waals surface area contributed by atoms with Crippen LogP contribution in [-0.4, -0.2) is 61.8 Å². The zero-order valence-electron chi connectivity index (χ0n) is 22.7. The van der Waals surface area contributed by atoms with E-state index in [1.54, 1.807) is 14.2 Å². The molecular weight excluding hydrogens is 474 g/mol. The van der Waals surface area contributed by atoms with Gasteiger partial charge < -0.3 is 19.7 Å². The Morgan fingerprint density at radius 2 is 1.53 bits per heavy atom. The number of benzene rings is 3. The van der Waals surface area contributed by atoms with E-state index in [4.69, 9.17) is 19.4 Å². The molecule has 0 bridgehead atoms. The summed E-state index contributed by atoms with van der Waals surface area (Å²) in [4.78, 5) is 14.6. The molecule has 1 N–H and O–H groups in total. The minimum absolute atomic E-state index is 0.665. The fourth-order valence-corrected chi connectivity index (χ4v) is 4.38. The summed E-state index contributed by atoms with van der Waals surface area (Å²) in [5.41, 5.74) is 3.02. The lowest BCUT2D eigenvalue weighted by Crippen LogP contribution is -2.47. The van der Waals surface area contributed by atoms with Gasteiger partial charge in [-0.05, 0) is 29.8 Å². The van der Waals surface area contributed by atoms with Crippen LogP contribution in [0, 0.1) is 0 Å². The van der Waals surface area contributed by atoms with Crippen molar-refractivity contribution < 1.29 is 9.47 Å². The number of aromatic nitrogens is 2. The molecule has 1 aromatic heterocycles. The van der Waals surface area contributed by atoms with Gasteiger partial charge in [0.05, 0.1) is 19.7 Å². The van der Waals surface area contributed by atoms with Crippen molar-refractivity contribution in [3.8, 4) is 11.5 Å². The van der Waals surface area contributed by atoms with Gasteiger partial charge in [0, 0.05) is 49.9 Å². The third kappa shape index (κ3) is 6.61. The topological polar surface area (TPSA) is 62.8 Å². The van der Waals surface area contributed by atoms with Crippen LogP contribution in [0.4, 0.5) is 17.5 Å². The van der Waals surface area contributed by atoms with Gasteiger partial charge in [0.25, 0.3) is 0 Å². The van der Waals surface area contributed by atoms with E-state index < -0.39 is 0 Å². The Hall–Kier alpha value is -4.10. The number of hydrogen-bond donors (Lipinski definition) is 1. The van der Waals surface area contributed by atoms with Crippen LogP contribution in [0.25, 0.3) is 17.0 Å². The fourth-order valence-electron chi connectivity index (χ4n) is 4.38. The molecule has 1 aliphatic heterocycles. The first kappa shape index (κ1) is 26.9. The summed E-state index contributed by atoms with van der Waals surface area (Å²) in [7, 11) is 3.27. The zero-order chi connectivity index (χ0) is 26.7. The van der Waals surface area contributed by atoms with E-state index in [1.165, 1.54) is 5.56 Å². The first-order chi connectivity index (χ1) is 18.7. The number of para-hydroxylation sites is 1. The highest BCUT2D eigenvalue weighted by Gasteiger charge is 2.20. The highest BCUT2D eigenvalue weighted by atomic mass is 16.5. The van der Waals surface area contributed by atoms with Gasteiger partial charge in [-0.2, -0.15) is 4.98 Å². The molecule has 0 amide bonds. The van der Waals surface area contributed by atoms with Gasteiger partial charge in [0.2, 0.25) is 5.95 Å². The molecule has 0 spiro atoms. The van der Waals surface area contributed by atoms with E-state index in [1.807, 2.05) is 62.4 Å². The van der Waals surface area contributed by atoms with Crippen molar-refractivity contribution in [3.63, 3.8) is 0 Å². The minimum atomic E-state index is 0.665.